The molecule has 1 heterocycles. The fourth-order valence-corrected chi connectivity index (χ4v) is 2.25. The normalized spacial score (nSPS) is 11.8. The molecule has 0 aliphatic rings. The standard InChI is InChI=1S/C15H20BrN3/c1-11-17-7-8-19(11)14-9-13(16)6-5-12(14)10-18-15(2,3)4/h5-9,18H,10H2,1-4H3. The molecular weight excluding hydrogens is 302 g/mol. The fourth-order valence-electron chi connectivity index (χ4n) is 1.90. The summed E-state index contributed by atoms with van der Waals surface area (Å²) in [5, 5.41) is 3.53. The monoisotopic (exact) mass is 321 g/mol. The van der Waals surface area contributed by atoms with E-state index < -0.39 is 0 Å². The van der Waals surface area contributed by atoms with Crippen LogP contribution in [0.1, 0.15) is 32.2 Å². The first kappa shape index (κ1) is 14.3. The maximum atomic E-state index is 4.30. The molecule has 0 atom stereocenters. The summed E-state index contributed by atoms with van der Waals surface area (Å²) in [7, 11) is 0. The van der Waals surface area contributed by atoms with E-state index in [1.165, 1.54) is 11.3 Å². The van der Waals surface area contributed by atoms with Crippen LogP contribution in [0.3, 0.4) is 0 Å². The van der Waals surface area contributed by atoms with E-state index in [1.54, 1.807) is 0 Å². The van der Waals surface area contributed by atoms with Gasteiger partial charge in [-0.2, -0.15) is 0 Å². The largest absolute Gasteiger partial charge is 0.308 e. The number of aryl methyl sites for hydroxylation is 1. The molecule has 4 heteroatoms. The smallest absolute Gasteiger partial charge is 0.110 e. The highest BCUT2D eigenvalue weighted by Crippen LogP contribution is 2.22. The molecule has 0 spiro atoms. The van der Waals surface area contributed by atoms with E-state index in [-0.39, 0.29) is 5.54 Å². The van der Waals surface area contributed by atoms with Gasteiger partial charge < -0.3 is 9.88 Å². The quantitative estimate of drug-likeness (QED) is 0.931. The minimum absolute atomic E-state index is 0.105. The van der Waals surface area contributed by atoms with Crippen molar-refractivity contribution in [3.8, 4) is 5.69 Å². The van der Waals surface area contributed by atoms with E-state index in [2.05, 4.69) is 69.8 Å². The van der Waals surface area contributed by atoms with Gasteiger partial charge in [-0.15, -0.1) is 0 Å². The highest BCUT2D eigenvalue weighted by molar-refractivity contribution is 9.10. The van der Waals surface area contributed by atoms with Crippen LogP contribution in [0.25, 0.3) is 5.69 Å². The SMILES string of the molecule is Cc1nccn1-c1cc(Br)ccc1CNC(C)(C)C. The highest BCUT2D eigenvalue weighted by atomic mass is 79.9. The summed E-state index contributed by atoms with van der Waals surface area (Å²) in [6.07, 6.45) is 3.83. The summed E-state index contributed by atoms with van der Waals surface area (Å²) in [5.74, 6) is 0.995. The van der Waals surface area contributed by atoms with Gasteiger partial charge in [-0.3, -0.25) is 0 Å². The first-order valence-corrected chi connectivity index (χ1v) is 7.20. The molecule has 0 saturated heterocycles. The number of benzene rings is 1. The molecule has 0 saturated carbocycles. The Morgan fingerprint density at radius 3 is 2.63 bits per heavy atom. The van der Waals surface area contributed by atoms with Crippen molar-refractivity contribution in [2.45, 2.75) is 39.8 Å². The molecule has 0 radical (unpaired) electrons. The van der Waals surface area contributed by atoms with E-state index in [0.29, 0.717) is 0 Å². The van der Waals surface area contributed by atoms with Crippen molar-refractivity contribution in [3.63, 3.8) is 0 Å². The maximum Gasteiger partial charge on any atom is 0.110 e. The Kier molecular flexibility index (Phi) is 4.11. The van der Waals surface area contributed by atoms with E-state index in [9.17, 15) is 0 Å². The van der Waals surface area contributed by atoms with Crippen molar-refractivity contribution >= 4 is 15.9 Å². The minimum atomic E-state index is 0.105. The van der Waals surface area contributed by atoms with Crippen molar-refractivity contribution in [1.29, 1.82) is 0 Å². The molecular formula is C15H20BrN3. The molecule has 0 amide bonds. The van der Waals surface area contributed by atoms with Gasteiger partial charge in [0.05, 0.1) is 5.69 Å². The first-order chi connectivity index (χ1) is 8.87. The molecule has 0 unspecified atom stereocenters. The van der Waals surface area contributed by atoms with E-state index >= 15 is 0 Å². The molecule has 1 aromatic carbocycles. The van der Waals surface area contributed by atoms with Gasteiger partial charge in [-0.05, 0) is 45.4 Å². The average molecular weight is 322 g/mol. The lowest BCUT2D eigenvalue weighted by atomic mass is 10.1. The topological polar surface area (TPSA) is 29.9 Å². The fraction of sp³-hybridized carbons (Fsp3) is 0.400. The van der Waals surface area contributed by atoms with Crippen molar-refractivity contribution in [3.05, 3.63) is 46.5 Å². The second-order valence-electron chi connectivity index (χ2n) is 5.72. The second kappa shape index (κ2) is 5.47. The van der Waals surface area contributed by atoms with Crippen molar-refractivity contribution < 1.29 is 0 Å². The summed E-state index contributed by atoms with van der Waals surface area (Å²) < 4.78 is 3.19. The molecule has 3 nitrogen and oxygen atoms in total. The number of halogens is 1. The number of imidazole rings is 1. The van der Waals surface area contributed by atoms with E-state index in [1.807, 2.05) is 19.3 Å². The maximum absolute atomic E-state index is 4.30. The van der Waals surface area contributed by atoms with Crippen LogP contribution in [0, 0.1) is 6.92 Å². The van der Waals surface area contributed by atoms with Gasteiger partial charge in [0.2, 0.25) is 0 Å². The molecule has 0 aliphatic carbocycles. The van der Waals surface area contributed by atoms with Gasteiger partial charge in [0, 0.05) is 29.0 Å². The summed E-state index contributed by atoms with van der Waals surface area (Å²) in [5.41, 5.74) is 2.54. The number of hydrogen-bond donors (Lipinski definition) is 1. The molecule has 1 N–H and O–H groups in total. The summed E-state index contributed by atoms with van der Waals surface area (Å²) >= 11 is 3.54. The summed E-state index contributed by atoms with van der Waals surface area (Å²) in [4.78, 5) is 4.30. The van der Waals surface area contributed by atoms with Crippen LogP contribution in [0.2, 0.25) is 0 Å². The zero-order valence-electron chi connectivity index (χ0n) is 11.9. The summed E-state index contributed by atoms with van der Waals surface area (Å²) in [6.45, 7) is 9.38. The molecule has 1 aromatic heterocycles. The Labute approximate surface area is 123 Å². The predicted octanol–water partition coefficient (Wildman–Crippen LogP) is 3.83. The van der Waals surface area contributed by atoms with Gasteiger partial charge in [0.1, 0.15) is 5.82 Å². The van der Waals surface area contributed by atoms with Crippen molar-refractivity contribution in [2.24, 2.45) is 0 Å². The Hall–Kier alpha value is -1.13. The predicted molar refractivity (Wildman–Crippen MR) is 82.6 cm³/mol. The first-order valence-electron chi connectivity index (χ1n) is 6.40. The van der Waals surface area contributed by atoms with Gasteiger partial charge in [0.15, 0.2) is 0 Å². The van der Waals surface area contributed by atoms with Crippen LogP contribution >= 0.6 is 15.9 Å². The minimum Gasteiger partial charge on any atom is -0.308 e. The van der Waals surface area contributed by atoms with Gasteiger partial charge >= 0.3 is 0 Å². The van der Waals surface area contributed by atoms with Crippen LogP contribution in [0.4, 0.5) is 0 Å². The number of nitrogens with one attached hydrogen (secondary N) is 1. The molecule has 2 rings (SSSR count). The van der Waals surface area contributed by atoms with Gasteiger partial charge in [-0.25, -0.2) is 4.98 Å². The highest BCUT2D eigenvalue weighted by Gasteiger charge is 2.12. The Balaban J connectivity index is 2.36. The Morgan fingerprint density at radius 2 is 2.05 bits per heavy atom. The lowest BCUT2D eigenvalue weighted by Crippen LogP contribution is -2.35. The third-order valence-corrected chi connectivity index (χ3v) is 3.44. The number of hydrogen-bond acceptors (Lipinski definition) is 2. The second-order valence-corrected chi connectivity index (χ2v) is 6.64. The molecule has 2 aromatic rings. The Morgan fingerprint density at radius 1 is 1.32 bits per heavy atom. The zero-order valence-corrected chi connectivity index (χ0v) is 13.5. The summed E-state index contributed by atoms with van der Waals surface area (Å²) in [6, 6.07) is 6.36. The third-order valence-electron chi connectivity index (χ3n) is 2.94. The van der Waals surface area contributed by atoms with Crippen LogP contribution in [-0.4, -0.2) is 15.1 Å². The van der Waals surface area contributed by atoms with Crippen LogP contribution < -0.4 is 5.32 Å². The molecule has 102 valence electrons. The lowest BCUT2D eigenvalue weighted by molar-refractivity contribution is 0.424. The molecule has 0 fully saturated rings. The lowest BCUT2D eigenvalue weighted by Gasteiger charge is -2.22. The molecule has 0 bridgehead atoms. The third kappa shape index (κ3) is 3.67. The number of nitrogens with zero attached hydrogens (tertiary/aromatic N) is 2. The molecule has 0 aliphatic heterocycles. The van der Waals surface area contributed by atoms with E-state index in [4.69, 9.17) is 0 Å². The number of aromatic nitrogens is 2. The van der Waals surface area contributed by atoms with Crippen molar-refractivity contribution in [1.82, 2.24) is 14.9 Å². The van der Waals surface area contributed by atoms with Gasteiger partial charge in [0.25, 0.3) is 0 Å². The van der Waals surface area contributed by atoms with Crippen LogP contribution in [0.5, 0.6) is 0 Å². The zero-order chi connectivity index (χ0) is 14.0. The molecule has 19 heavy (non-hydrogen) atoms. The van der Waals surface area contributed by atoms with Crippen LogP contribution in [0.15, 0.2) is 35.1 Å². The van der Waals surface area contributed by atoms with Crippen molar-refractivity contribution in [2.75, 3.05) is 0 Å². The number of rotatable bonds is 3. The van der Waals surface area contributed by atoms with Crippen LogP contribution in [-0.2, 0) is 6.54 Å². The van der Waals surface area contributed by atoms with Gasteiger partial charge in [-0.1, -0.05) is 22.0 Å². The Bertz CT molecular complexity index is 567. The van der Waals surface area contributed by atoms with E-state index in [0.717, 1.165) is 16.8 Å². The average Bonchev–Trinajstić information content (AvgIpc) is 2.72.